The number of hydrogen-bond acceptors (Lipinski definition) is 7. The standard InChI is InChI=1S/C23H21ClN2O7/c1-13-9-14(24)6-7-16(13)25-21(27)12-33-23(29)15-10-19(30-2)20(31-3)11-17(15)26-22(28)18-5-4-8-32-18/h4-11H,12H2,1-3H3,(H,25,27)(H,26,28). The third kappa shape index (κ3) is 5.83. The summed E-state index contributed by atoms with van der Waals surface area (Å²) in [6.07, 6.45) is 1.35. The second kappa shape index (κ2) is 10.6. The molecule has 33 heavy (non-hydrogen) atoms. The summed E-state index contributed by atoms with van der Waals surface area (Å²) in [4.78, 5) is 37.5. The molecule has 0 bridgehead atoms. The van der Waals surface area contributed by atoms with E-state index in [1.165, 1.54) is 38.7 Å². The van der Waals surface area contributed by atoms with Crippen LogP contribution < -0.4 is 20.1 Å². The van der Waals surface area contributed by atoms with Crippen molar-refractivity contribution in [2.24, 2.45) is 0 Å². The summed E-state index contributed by atoms with van der Waals surface area (Å²) >= 11 is 5.92. The largest absolute Gasteiger partial charge is 0.493 e. The van der Waals surface area contributed by atoms with Gasteiger partial charge in [-0.15, -0.1) is 0 Å². The number of nitrogens with one attached hydrogen (secondary N) is 2. The Morgan fingerprint density at radius 2 is 1.70 bits per heavy atom. The number of esters is 1. The van der Waals surface area contributed by atoms with E-state index >= 15 is 0 Å². The Kier molecular flexibility index (Phi) is 7.57. The number of carbonyl (C=O) groups is 3. The molecule has 0 aliphatic heterocycles. The SMILES string of the molecule is COc1cc(NC(=O)c2ccco2)c(C(=O)OCC(=O)Nc2ccc(Cl)cc2C)cc1OC. The fourth-order valence-electron chi connectivity index (χ4n) is 2.91. The molecule has 0 spiro atoms. The zero-order valence-electron chi connectivity index (χ0n) is 18.1. The van der Waals surface area contributed by atoms with Gasteiger partial charge in [0.25, 0.3) is 11.8 Å². The van der Waals surface area contributed by atoms with Gasteiger partial charge in [-0.25, -0.2) is 4.79 Å². The molecule has 0 aliphatic carbocycles. The lowest BCUT2D eigenvalue weighted by Gasteiger charge is -2.15. The fourth-order valence-corrected chi connectivity index (χ4v) is 3.13. The summed E-state index contributed by atoms with van der Waals surface area (Å²) in [5.41, 5.74) is 1.35. The minimum Gasteiger partial charge on any atom is -0.493 e. The number of ether oxygens (including phenoxy) is 3. The third-order valence-electron chi connectivity index (χ3n) is 4.53. The van der Waals surface area contributed by atoms with Gasteiger partial charge in [0.1, 0.15) is 0 Å². The first-order chi connectivity index (χ1) is 15.8. The molecular formula is C23H21ClN2O7. The van der Waals surface area contributed by atoms with Gasteiger partial charge in [0.2, 0.25) is 0 Å². The van der Waals surface area contributed by atoms with Crippen molar-refractivity contribution in [3.8, 4) is 11.5 Å². The van der Waals surface area contributed by atoms with Crippen LogP contribution in [-0.4, -0.2) is 38.6 Å². The Labute approximate surface area is 194 Å². The van der Waals surface area contributed by atoms with Crippen LogP contribution >= 0.6 is 11.6 Å². The van der Waals surface area contributed by atoms with Crippen LogP contribution in [0.15, 0.2) is 53.1 Å². The first-order valence-corrected chi connectivity index (χ1v) is 10.0. The average molecular weight is 473 g/mol. The Morgan fingerprint density at radius 1 is 0.970 bits per heavy atom. The number of carbonyl (C=O) groups excluding carboxylic acids is 3. The van der Waals surface area contributed by atoms with Crippen molar-refractivity contribution in [1.82, 2.24) is 0 Å². The van der Waals surface area contributed by atoms with Crippen LogP contribution in [0.5, 0.6) is 11.5 Å². The Bertz CT molecular complexity index is 1180. The van der Waals surface area contributed by atoms with E-state index in [-0.39, 0.29) is 28.5 Å². The van der Waals surface area contributed by atoms with E-state index in [0.29, 0.717) is 10.7 Å². The van der Waals surface area contributed by atoms with Crippen molar-refractivity contribution in [3.63, 3.8) is 0 Å². The molecule has 0 aliphatic rings. The molecule has 10 heteroatoms. The van der Waals surface area contributed by atoms with Gasteiger partial charge < -0.3 is 29.3 Å². The Morgan fingerprint density at radius 3 is 2.33 bits per heavy atom. The summed E-state index contributed by atoms with van der Waals surface area (Å²) in [6.45, 7) is 1.23. The Balaban J connectivity index is 1.77. The highest BCUT2D eigenvalue weighted by molar-refractivity contribution is 6.30. The van der Waals surface area contributed by atoms with Gasteiger partial charge in [-0.05, 0) is 42.8 Å². The maximum absolute atomic E-state index is 12.8. The lowest BCUT2D eigenvalue weighted by Crippen LogP contribution is -2.22. The molecule has 2 amide bonds. The summed E-state index contributed by atoms with van der Waals surface area (Å²) in [6, 6.07) is 10.8. The molecular weight excluding hydrogens is 452 g/mol. The number of halogens is 1. The normalized spacial score (nSPS) is 10.3. The minimum absolute atomic E-state index is 0.0389. The molecule has 0 saturated carbocycles. The second-order valence-corrected chi connectivity index (χ2v) is 7.20. The van der Waals surface area contributed by atoms with Gasteiger partial charge in [0.15, 0.2) is 23.9 Å². The molecule has 0 saturated heterocycles. The third-order valence-corrected chi connectivity index (χ3v) is 4.77. The van der Waals surface area contributed by atoms with Crippen LogP contribution in [0.25, 0.3) is 0 Å². The Hall–Kier alpha value is -3.98. The number of furan rings is 1. The summed E-state index contributed by atoms with van der Waals surface area (Å²) in [7, 11) is 2.81. The predicted molar refractivity (Wildman–Crippen MR) is 121 cm³/mol. The van der Waals surface area contributed by atoms with Gasteiger partial charge in [-0.2, -0.15) is 0 Å². The first kappa shape index (κ1) is 23.7. The smallest absolute Gasteiger partial charge is 0.340 e. The summed E-state index contributed by atoms with van der Waals surface area (Å²) in [5, 5.41) is 5.76. The molecule has 3 rings (SSSR count). The van der Waals surface area contributed by atoms with Crippen molar-refractivity contribution >= 4 is 40.8 Å². The highest BCUT2D eigenvalue weighted by atomic mass is 35.5. The van der Waals surface area contributed by atoms with Gasteiger partial charge in [0, 0.05) is 22.8 Å². The van der Waals surface area contributed by atoms with Crippen molar-refractivity contribution in [1.29, 1.82) is 0 Å². The van der Waals surface area contributed by atoms with Crippen LogP contribution in [0.2, 0.25) is 5.02 Å². The maximum Gasteiger partial charge on any atom is 0.340 e. The van der Waals surface area contributed by atoms with Crippen LogP contribution in [0.3, 0.4) is 0 Å². The summed E-state index contributed by atoms with van der Waals surface area (Å²) in [5.74, 6) is -1.43. The number of amides is 2. The van der Waals surface area contributed by atoms with E-state index in [4.69, 9.17) is 30.2 Å². The second-order valence-electron chi connectivity index (χ2n) is 6.77. The summed E-state index contributed by atoms with van der Waals surface area (Å²) < 4.78 is 20.7. The lowest BCUT2D eigenvalue weighted by atomic mass is 10.1. The van der Waals surface area contributed by atoms with Crippen molar-refractivity contribution in [2.45, 2.75) is 6.92 Å². The molecule has 3 aromatic rings. The van der Waals surface area contributed by atoms with Crippen LogP contribution in [0, 0.1) is 6.92 Å². The van der Waals surface area contributed by atoms with Crippen molar-refractivity contribution in [3.05, 3.63) is 70.6 Å². The fraction of sp³-hybridized carbons (Fsp3) is 0.174. The van der Waals surface area contributed by atoms with Crippen molar-refractivity contribution < 1.29 is 33.0 Å². The molecule has 1 heterocycles. The predicted octanol–water partition coefficient (Wildman–Crippen LogP) is 4.31. The highest BCUT2D eigenvalue weighted by Crippen LogP contribution is 2.34. The molecule has 0 radical (unpaired) electrons. The van der Waals surface area contributed by atoms with E-state index in [1.54, 1.807) is 31.2 Å². The number of rotatable bonds is 8. The number of aryl methyl sites for hydroxylation is 1. The van der Waals surface area contributed by atoms with E-state index in [1.807, 2.05) is 0 Å². The van der Waals surface area contributed by atoms with Crippen molar-refractivity contribution in [2.75, 3.05) is 31.5 Å². The molecule has 0 unspecified atom stereocenters. The average Bonchev–Trinajstić information content (AvgIpc) is 3.34. The monoisotopic (exact) mass is 472 g/mol. The molecule has 0 atom stereocenters. The molecule has 0 fully saturated rings. The molecule has 172 valence electrons. The number of anilines is 2. The molecule has 2 aromatic carbocycles. The van der Waals surface area contributed by atoms with Crippen LogP contribution in [-0.2, 0) is 9.53 Å². The number of methoxy groups -OCH3 is 2. The highest BCUT2D eigenvalue weighted by Gasteiger charge is 2.22. The topological polar surface area (TPSA) is 116 Å². The number of benzene rings is 2. The van der Waals surface area contributed by atoms with E-state index < -0.39 is 24.4 Å². The lowest BCUT2D eigenvalue weighted by molar-refractivity contribution is -0.119. The molecule has 2 N–H and O–H groups in total. The van der Waals surface area contributed by atoms with Crippen LogP contribution in [0.4, 0.5) is 11.4 Å². The minimum atomic E-state index is -0.853. The van der Waals surface area contributed by atoms with Gasteiger partial charge >= 0.3 is 5.97 Å². The quantitative estimate of drug-likeness (QED) is 0.469. The number of hydrogen-bond donors (Lipinski definition) is 2. The molecule has 1 aromatic heterocycles. The van der Waals surface area contributed by atoms with Gasteiger partial charge in [0.05, 0.1) is 31.7 Å². The van der Waals surface area contributed by atoms with Crippen LogP contribution in [0.1, 0.15) is 26.5 Å². The maximum atomic E-state index is 12.8. The van der Waals surface area contributed by atoms with E-state index in [2.05, 4.69) is 10.6 Å². The first-order valence-electron chi connectivity index (χ1n) is 9.66. The zero-order chi connectivity index (χ0) is 24.0. The van der Waals surface area contributed by atoms with E-state index in [9.17, 15) is 14.4 Å². The van der Waals surface area contributed by atoms with E-state index in [0.717, 1.165) is 5.56 Å². The van der Waals surface area contributed by atoms with Gasteiger partial charge in [-0.3, -0.25) is 9.59 Å². The molecule has 9 nitrogen and oxygen atoms in total. The zero-order valence-corrected chi connectivity index (χ0v) is 18.8. The van der Waals surface area contributed by atoms with Gasteiger partial charge in [-0.1, -0.05) is 11.6 Å².